The summed E-state index contributed by atoms with van der Waals surface area (Å²) in [4.78, 5) is 15.0. The van der Waals surface area contributed by atoms with Crippen molar-refractivity contribution in [3.8, 4) is 0 Å². The number of carboxylic acid groups (broad SMARTS) is 1. The molecule has 1 aliphatic heterocycles. The minimum Gasteiger partial charge on any atom is -0.480 e. The average Bonchev–Trinajstić information content (AvgIpc) is 2.69. The molecule has 1 fully saturated rings. The van der Waals surface area contributed by atoms with E-state index < -0.39 is 5.97 Å². The first-order valence-corrected chi connectivity index (χ1v) is 9.30. The molecule has 1 N–H and O–H groups in total. The third-order valence-electron chi connectivity index (χ3n) is 4.92. The Morgan fingerprint density at radius 2 is 1.37 bits per heavy atom. The lowest BCUT2D eigenvalue weighted by Crippen LogP contribution is -2.48. The van der Waals surface area contributed by atoms with Crippen LogP contribution in [0.2, 0.25) is 0 Å². The van der Waals surface area contributed by atoms with Crippen molar-refractivity contribution >= 4 is 30.8 Å². The summed E-state index contributed by atoms with van der Waals surface area (Å²) in [6.07, 6.45) is 0. The lowest BCUT2D eigenvalue weighted by molar-refractivity contribution is -0.142. The molecule has 2 aromatic carbocycles. The van der Waals surface area contributed by atoms with E-state index in [4.69, 9.17) is 9.84 Å². The van der Waals surface area contributed by atoms with Crippen molar-refractivity contribution in [2.24, 2.45) is 0 Å². The van der Waals surface area contributed by atoms with Crippen molar-refractivity contribution in [2.45, 2.75) is 6.04 Å². The van der Waals surface area contributed by atoms with Crippen LogP contribution in [-0.4, -0.2) is 66.8 Å². The summed E-state index contributed by atoms with van der Waals surface area (Å²) in [7, 11) is 0. The SMILES string of the molecule is Cl.Cl.O=C(O)COCCN1CCN(C(c2ccc(F)cc2)c2ccc(F)cc2)CC1. The van der Waals surface area contributed by atoms with Crippen molar-refractivity contribution in [3.05, 3.63) is 71.3 Å². The van der Waals surface area contributed by atoms with Crippen LogP contribution in [-0.2, 0) is 9.53 Å². The number of piperazine rings is 1. The molecule has 1 aliphatic rings. The van der Waals surface area contributed by atoms with E-state index in [-0.39, 0.29) is 49.1 Å². The van der Waals surface area contributed by atoms with E-state index in [1.807, 2.05) is 0 Å². The summed E-state index contributed by atoms with van der Waals surface area (Å²) in [6, 6.07) is 12.8. The van der Waals surface area contributed by atoms with Crippen molar-refractivity contribution in [1.82, 2.24) is 9.80 Å². The van der Waals surface area contributed by atoms with Gasteiger partial charge in [-0.2, -0.15) is 0 Å². The fourth-order valence-electron chi connectivity index (χ4n) is 3.50. The number of rotatable bonds is 8. The number of benzene rings is 2. The maximum Gasteiger partial charge on any atom is 0.329 e. The van der Waals surface area contributed by atoms with Gasteiger partial charge in [0.2, 0.25) is 0 Å². The molecule has 0 aromatic heterocycles. The molecule has 1 saturated heterocycles. The number of hydrogen-bond acceptors (Lipinski definition) is 4. The number of carbonyl (C=O) groups is 1. The summed E-state index contributed by atoms with van der Waals surface area (Å²) in [5.41, 5.74) is 1.93. The molecule has 2 aromatic rings. The molecule has 0 saturated carbocycles. The average molecular weight is 463 g/mol. The fourth-order valence-corrected chi connectivity index (χ4v) is 3.50. The number of nitrogens with zero attached hydrogens (tertiary/aromatic N) is 2. The predicted molar refractivity (Wildman–Crippen MR) is 116 cm³/mol. The molecule has 0 bridgehead atoms. The molecule has 9 heteroatoms. The Labute approximate surface area is 187 Å². The van der Waals surface area contributed by atoms with Crippen LogP contribution in [0.15, 0.2) is 48.5 Å². The normalized spacial score (nSPS) is 14.8. The lowest BCUT2D eigenvalue weighted by Gasteiger charge is -2.39. The summed E-state index contributed by atoms with van der Waals surface area (Å²) in [5, 5.41) is 8.60. The highest BCUT2D eigenvalue weighted by atomic mass is 35.5. The molecule has 0 radical (unpaired) electrons. The van der Waals surface area contributed by atoms with Gasteiger partial charge in [-0.15, -0.1) is 24.8 Å². The Morgan fingerprint density at radius 3 is 1.80 bits per heavy atom. The molecule has 166 valence electrons. The monoisotopic (exact) mass is 462 g/mol. The molecule has 3 rings (SSSR count). The zero-order valence-electron chi connectivity index (χ0n) is 16.4. The van der Waals surface area contributed by atoms with Crippen molar-refractivity contribution < 1.29 is 23.4 Å². The van der Waals surface area contributed by atoms with E-state index in [1.165, 1.54) is 24.3 Å². The summed E-state index contributed by atoms with van der Waals surface area (Å²) >= 11 is 0. The second-order valence-corrected chi connectivity index (χ2v) is 6.83. The third kappa shape index (κ3) is 7.49. The minimum absolute atomic E-state index is 0. The van der Waals surface area contributed by atoms with Crippen LogP contribution in [0.4, 0.5) is 8.78 Å². The smallest absolute Gasteiger partial charge is 0.329 e. The van der Waals surface area contributed by atoms with E-state index in [9.17, 15) is 13.6 Å². The standard InChI is InChI=1S/C21H24F2N2O3.2ClH/c22-18-5-1-16(2-6-18)21(17-3-7-19(23)8-4-17)25-11-9-24(10-12-25)13-14-28-15-20(26)27;;/h1-8,21H,9-15H2,(H,26,27);2*1H. The Bertz CT molecular complexity index is 725. The Hall–Kier alpha value is -1.77. The molecular weight excluding hydrogens is 437 g/mol. The number of aliphatic carboxylic acids is 1. The minimum atomic E-state index is -0.966. The van der Waals surface area contributed by atoms with Gasteiger partial charge in [-0.1, -0.05) is 24.3 Å². The van der Waals surface area contributed by atoms with Crippen molar-refractivity contribution in [2.75, 3.05) is 45.9 Å². The van der Waals surface area contributed by atoms with Crippen LogP contribution in [0.1, 0.15) is 17.2 Å². The lowest BCUT2D eigenvalue weighted by atomic mass is 9.96. The molecule has 0 unspecified atom stereocenters. The van der Waals surface area contributed by atoms with Gasteiger partial charge in [-0.3, -0.25) is 9.80 Å². The predicted octanol–water partition coefficient (Wildman–Crippen LogP) is 3.62. The van der Waals surface area contributed by atoms with Gasteiger partial charge in [0.1, 0.15) is 18.2 Å². The number of halogens is 4. The van der Waals surface area contributed by atoms with E-state index >= 15 is 0 Å². The molecule has 5 nitrogen and oxygen atoms in total. The second-order valence-electron chi connectivity index (χ2n) is 6.83. The number of hydrogen-bond donors (Lipinski definition) is 1. The first-order chi connectivity index (χ1) is 13.5. The molecule has 1 heterocycles. The van der Waals surface area contributed by atoms with Crippen LogP contribution in [0.3, 0.4) is 0 Å². The molecular formula is C21H26Cl2F2N2O3. The van der Waals surface area contributed by atoms with E-state index in [0.717, 1.165) is 37.3 Å². The van der Waals surface area contributed by atoms with Crippen LogP contribution < -0.4 is 0 Å². The van der Waals surface area contributed by atoms with Gasteiger partial charge in [0.15, 0.2) is 0 Å². The Morgan fingerprint density at radius 1 is 0.900 bits per heavy atom. The fraction of sp³-hybridized carbons (Fsp3) is 0.381. The van der Waals surface area contributed by atoms with Crippen LogP contribution in [0.5, 0.6) is 0 Å². The van der Waals surface area contributed by atoms with Gasteiger partial charge >= 0.3 is 5.97 Å². The zero-order valence-corrected chi connectivity index (χ0v) is 18.0. The van der Waals surface area contributed by atoms with Gasteiger partial charge < -0.3 is 9.84 Å². The van der Waals surface area contributed by atoms with Gasteiger partial charge in [-0.05, 0) is 35.4 Å². The van der Waals surface area contributed by atoms with E-state index in [0.29, 0.717) is 13.2 Å². The first-order valence-electron chi connectivity index (χ1n) is 9.30. The van der Waals surface area contributed by atoms with E-state index in [1.54, 1.807) is 24.3 Å². The van der Waals surface area contributed by atoms with Gasteiger partial charge in [-0.25, -0.2) is 13.6 Å². The highest BCUT2D eigenvalue weighted by Crippen LogP contribution is 2.30. The molecule has 0 spiro atoms. The topological polar surface area (TPSA) is 53.0 Å². The zero-order chi connectivity index (χ0) is 19.9. The van der Waals surface area contributed by atoms with Crippen molar-refractivity contribution in [3.63, 3.8) is 0 Å². The largest absolute Gasteiger partial charge is 0.480 e. The number of ether oxygens (including phenoxy) is 1. The second kappa shape index (κ2) is 12.8. The summed E-state index contributed by atoms with van der Waals surface area (Å²) < 4.78 is 31.9. The molecule has 30 heavy (non-hydrogen) atoms. The van der Waals surface area contributed by atoms with Gasteiger partial charge in [0, 0.05) is 32.7 Å². The Kier molecular flexibility index (Phi) is 11.2. The first kappa shape index (κ1) is 26.3. The van der Waals surface area contributed by atoms with Gasteiger partial charge in [0.25, 0.3) is 0 Å². The molecule has 0 aliphatic carbocycles. The van der Waals surface area contributed by atoms with Crippen LogP contribution in [0.25, 0.3) is 0 Å². The quantitative estimate of drug-likeness (QED) is 0.607. The summed E-state index contributed by atoms with van der Waals surface area (Å²) in [6.45, 7) is 3.99. The van der Waals surface area contributed by atoms with Crippen LogP contribution >= 0.6 is 24.8 Å². The highest BCUT2D eigenvalue weighted by molar-refractivity contribution is 5.85. The van der Waals surface area contributed by atoms with Gasteiger partial charge in [0.05, 0.1) is 12.6 Å². The van der Waals surface area contributed by atoms with Crippen LogP contribution in [0, 0.1) is 11.6 Å². The molecule has 0 atom stereocenters. The third-order valence-corrected chi connectivity index (χ3v) is 4.92. The highest BCUT2D eigenvalue weighted by Gasteiger charge is 2.26. The maximum atomic E-state index is 13.4. The summed E-state index contributed by atoms with van der Waals surface area (Å²) in [5.74, 6) is -1.54. The maximum absolute atomic E-state index is 13.4. The number of carboxylic acids is 1. The Balaban J connectivity index is 0.00000225. The molecule has 0 amide bonds. The van der Waals surface area contributed by atoms with E-state index in [2.05, 4.69) is 9.80 Å². The van der Waals surface area contributed by atoms with Crippen molar-refractivity contribution in [1.29, 1.82) is 0 Å².